The number of nitrogens with zero attached hydrogens (tertiary/aromatic N) is 1. The summed E-state index contributed by atoms with van der Waals surface area (Å²) in [6.07, 6.45) is 11.6. The van der Waals surface area contributed by atoms with Crippen LogP contribution in [0.5, 0.6) is 5.75 Å². The highest BCUT2D eigenvalue weighted by atomic mass is 16.5. The number of aromatic nitrogens is 3. The van der Waals surface area contributed by atoms with Gasteiger partial charge in [0, 0.05) is 69.7 Å². The Hall–Kier alpha value is -6.41. The molecule has 0 fully saturated rings. The van der Waals surface area contributed by atoms with Gasteiger partial charge in [-0.2, -0.15) is 0 Å². The number of aromatic amines is 2. The van der Waals surface area contributed by atoms with Gasteiger partial charge in [-0.05, 0) is 76.7 Å². The highest BCUT2D eigenvalue weighted by molar-refractivity contribution is 5.97. The molecule has 3 aromatic heterocycles. The Morgan fingerprint density at radius 1 is 0.688 bits per heavy atom. The van der Waals surface area contributed by atoms with Crippen LogP contribution in [-0.4, -0.2) is 47.2 Å². The predicted octanol–water partition coefficient (Wildman–Crippen LogP) is 7.86. The van der Waals surface area contributed by atoms with Crippen molar-refractivity contribution >= 4 is 47.0 Å². The van der Waals surface area contributed by atoms with E-state index >= 15 is 0 Å². The number of ether oxygens (including phenoxy) is 1. The molecule has 1 aliphatic carbocycles. The van der Waals surface area contributed by atoms with Crippen molar-refractivity contribution in [2.45, 2.75) is 12.8 Å². The maximum atomic E-state index is 10.7. The van der Waals surface area contributed by atoms with Gasteiger partial charge in [0.1, 0.15) is 18.3 Å². The van der Waals surface area contributed by atoms with Gasteiger partial charge in [-0.1, -0.05) is 54.6 Å². The summed E-state index contributed by atoms with van der Waals surface area (Å²) in [5.74, 6) is 0.759. The maximum Gasteiger partial charge on any atom is 0.152 e. The molecule has 0 spiro atoms. The molecule has 0 amide bonds. The van der Waals surface area contributed by atoms with Gasteiger partial charge in [-0.15, -0.1) is 0 Å². The third kappa shape index (κ3) is 7.86. The topological polar surface area (TPSA) is 122 Å². The van der Waals surface area contributed by atoms with Crippen LogP contribution in [0.4, 0.5) is 0 Å². The van der Waals surface area contributed by atoms with Crippen LogP contribution >= 0.6 is 0 Å². The molecule has 8 rings (SSSR count). The summed E-state index contributed by atoms with van der Waals surface area (Å²) >= 11 is 0. The highest BCUT2D eigenvalue weighted by Crippen LogP contribution is 2.36. The first-order valence-electron chi connectivity index (χ1n) is 15.2. The van der Waals surface area contributed by atoms with E-state index in [4.69, 9.17) is 4.74 Å². The lowest BCUT2D eigenvalue weighted by Crippen LogP contribution is -1.84. The van der Waals surface area contributed by atoms with E-state index in [-0.39, 0.29) is 0 Å². The van der Waals surface area contributed by atoms with E-state index in [0.717, 1.165) is 70.2 Å². The summed E-state index contributed by atoms with van der Waals surface area (Å²) in [5, 5.41) is 2.04. The molecule has 0 bridgehead atoms. The van der Waals surface area contributed by atoms with Gasteiger partial charge in [0.2, 0.25) is 0 Å². The van der Waals surface area contributed by atoms with Gasteiger partial charge in [0.25, 0.3) is 0 Å². The molecule has 0 atom stereocenters. The quantitative estimate of drug-likeness (QED) is 0.179. The van der Waals surface area contributed by atoms with Gasteiger partial charge in [-0.25, -0.2) is 0 Å². The summed E-state index contributed by atoms with van der Waals surface area (Å²) < 4.78 is 5.06. The molecule has 0 aliphatic heterocycles. The monoisotopic (exact) mass is 635 g/mol. The average Bonchev–Trinajstić information content (AvgIpc) is 3.87. The molecule has 4 aromatic carbocycles. The van der Waals surface area contributed by atoms with Crippen molar-refractivity contribution in [2.24, 2.45) is 0 Å². The first-order chi connectivity index (χ1) is 23.6. The second kappa shape index (κ2) is 16.2. The van der Waals surface area contributed by atoms with Gasteiger partial charge in [0.05, 0.1) is 7.11 Å². The van der Waals surface area contributed by atoms with Crippen molar-refractivity contribution in [1.29, 1.82) is 0 Å². The van der Waals surface area contributed by atoms with Crippen molar-refractivity contribution in [3.63, 3.8) is 0 Å². The average molecular weight is 636 g/mol. The fraction of sp³-hybridized carbons (Fsp3) is 0.0750. The number of H-pyrrole nitrogens is 2. The van der Waals surface area contributed by atoms with E-state index in [9.17, 15) is 19.2 Å². The number of nitrogens with one attached hydrogen (secondary N) is 2. The molecule has 48 heavy (non-hydrogen) atoms. The Bertz CT molecular complexity index is 2170. The van der Waals surface area contributed by atoms with E-state index < -0.39 is 0 Å². The number of hydrogen-bond donors (Lipinski definition) is 2. The standard InChI is InChI=1S/C14H10O.C10H9NO2.C10H9NO.C6H5NO/c15-9-10-5-6-14-12(7-10)8-11-3-1-2-4-13(11)14;1-13-8-2-3-10-9(4-8)7(6-12)5-11-10;12-6-5-8-7-11-10-4-2-1-3-9(8)10;8-5-6-2-1-3-7-4-6/h1-7,9H,8H2;2-6,11H,1H3;1-4,6-7,11H,5H2;1-5H. The Kier molecular flexibility index (Phi) is 11.2. The molecule has 0 radical (unpaired) electrons. The van der Waals surface area contributed by atoms with Gasteiger partial charge >= 0.3 is 0 Å². The van der Waals surface area contributed by atoms with E-state index in [2.05, 4.69) is 39.2 Å². The van der Waals surface area contributed by atoms with Gasteiger partial charge < -0.3 is 19.5 Å². The number of carbonyl (C=O) groups is 4. The predicted molar refractivity (Wildman–Crippen MR) is 188 cm³/mol. The van der Waals surface area contributed by atoms with Crippen molar-refractivity contribution in [1.82, 2.24) is 15.0 Å². The Morgan fingerprint density at radius 3 is 2.17 bits per heavy atom. The molecule has 3 heterocycles. The smallest absolute Gasteiger partial charge is 0.152 e. The number of para-hydroxylation sites is 1. The zero-order valence-electron chi connectivity index (χ0n) is 26.3. The number of hydrogen-bond acceptors (Lipinski definition) is 6. The summed E-state index contributed by atoms with van der Waals surface area (Å²) in [7, 11) is 1.61. The number of fused-ring (bicyclic) bond motifs is 5. The van der Waals surface area contributed by atoms with Crippen LogP contribution in [0.1, 0.15) is 47.8 Å². The fourth-order valence-corrected chi connectivity index (χ4v) is 5.42. The molecule has 238 valence electrons. The zero-order valence-corrected chi connectivity index (χ0v) is 26.3. The first kappa shape index (κ1) is 33.0. The zero-order chi connectivity index (χ0) is 33.7. The summed E-state index contributed by atoms with van der Waals surface area (Å²) in [6.45, 7) is 0. The number of carbonyl (C=O) groups excluding carboxylic acids is 4. The highest BCUT2D eigenvalue weighted by Gasteiger charge is 2.17. The van der Waals surface area contributed by atoms with E-state index in [0.29, 0.717) is 17.5 Å². The van der Waals surface area contributed by atoms with Crippen molar-refractivity contribution in [3.8, 4) is 16.9 Å². The molecular weight excluding hydrogens is 602 g/mol. The number of pyridine rings is 1. The normalized spacial score (nSPS) is 10.5. The minimum atomic E-state index is 0.490. The molecule has 0 unspecified atom stereocenters. The SMILES string of the molecule is COc1ccc2[nH]cc(C=O)c2c1.O=CCc1c[nH]c2ccccc12.O=Cc1ccc2c(c1)Cc1ccccc1-2.O=Cc1cccnc1. The number of aldehydes is 4. The lowest BCUT2D eigenvalue weighted by Gasteiger charge is -2.00. The van der Waals surface area contributed by atoms with Crippen LogP contribution in [0.2, 0.25) is 0 Å². The van der Waals surface area contributed by atoms with Crippen LogP contribution in [0.25, 0.3) is 32.9 Å². The lowest BCUT2D eigenvalue weighted by atomic mass is 10.0. The fourth-order valence-electron chi connectivity index (χ4n) is 5.42. The van der Waals surface area contributed by atoms with Crippen LogP contribution in [0.3, 0.4) is 0 Å². The Labute approximate surface area is 277 Å². The van der Waals surface area contributed by atoms with Crippen LogP contribution in [-0.2, 0) is 17.6 Å². The van der Waals surface area contributed by atoms with Crippen LogP contribution in [0, 0.1) is 0 Å². The minimum absolute atomic E-state index is 0.490. The second-order valence-corrected chi connectivity index (χ2v) is 10.8. The summed E-state index contributed by atoms with van der Waals surface area (Å²) in [4.78, 5) is 51.4. The van der Waals surface area contributed by atoms with E-state index in [1.165, 1.54) is 28.5 Å². The van der Waals surface area contributed by atoms with Crippen LogP contribution < -0.4 is 4.74 Å². The third-order valence-electron chi connectivity index (χ3n) is 7.80. The molecule has 1 aliphatic rings. The van der Waals surface area contributed by atoms with Crippen molar-refractivity contribution < 1.29 is 23.9 Å². The first-order valence-corrected chi connectivity index (χ1v) is 15.2. The molecular formula is C40H33N3O5. The van der Waals surface area contributed by atoms with Gasteiger partial charge in [-0.3, -0.25) is 19.4 Å². The summed E-state index contributed by atoms with van der Waals surface area (Å²) in [5.41, 5.74) is 10.4. The van der Waals surface area contributed by atoms with Crippen molar-refractivity contribution in [3.05, 3.63) is 155 Å². The molecule has 7 aromatic rings. The number of methoxy groups -OCH3 is 1. The lowest BCUT2D eigenvalue weighted by molar-refractivity contribution is -0.107. The number of rotatable bonds is 6. The second-order valence-electron chi connectivity index (χ2n) is 10.8. The summed E-state index contributed by atoms with van der Waals surface area (Å²) in [6, 6.07) is 31.3. The minimum Gasteiger partial charge on any atom is -0.497 e. The van der Waals surface area contributed by atoms with E-state index in [1.54, 1.807) is 31.6 Å². The molecule has 8 heteroatoms. The largest absolute Gasteiger partial charge is 0.497 e. The Balaban J connectivity index is 0.000000128. The van der Waals surface area contributed by atoms with Crippen LogP contribution in [0.15, 0.2) is 122 Å². The molecule has 8 nitrogen and oxygen atoms in total. The number of benzene rings is 4. The molecule has 0 saturated carbocycles. The van der Waals surface area contributed by atoms with Crippen molar-refractivity contribution in [2.75, 3.05) is 7.11 Å². The molecule has 0 saturated heterocycles. The van der Waals surface area contributed by atoms with Gasteiger partial charge in [0.15, 0.2) is 12.6 Å². The maximum absolute atomic E-state index is 10.7. The van der Waals surface area contributed by atoms with E-state index in [1.807, 2.05) is 66.9 Å². The molecule has 2 N–H and O–H groups in total. The Morgan fingerprint density at radius 2 is 1.44 bits per heavy atom. The third-order valence-corrected chi connectivity index (χ3v) is 7.80.